The van der Waals surface area contributed by atoms with Crippen LogP contribution in [0, 0.1) is 0 Å². The molecule has 2 aliphatic rings. The lowest BCUT2D eigenvalue weighted by atomic mass is 9.95. The molecule has 2 aromatic rings. The summed E-state index contributed by atoms with van der Waals surface area (Å²) < 4.78 is 7.06. The van der Waals surface area contributed by atoms with E-state index in [4.69, 9.17) is 4.52 Å². The maximum absolute atomic E-state index is 12.4. The molecule has 2 saturated heterocycles. The largest absolute Gasteiger partial charge is 0.364 e. The summed E-state index contributed by atoms with van der Waals surface area (Å²) in [5.74, 6) is 2.46. The van der Waals surface area contributed by atoms with Crippen LogP contribution < -0.4 is 0 Å². The van der Waals surface area contributed by atoms with Crippen molar-refractivity contribution in [3.05, 3.63) is 29.7 Å². The monoisotopic (exact) mass is 358 g/mol. The Morgan fingerprint density at radius 2 is 1.96 bits per heavy atom. The zero-order valence-corrected chi connectivity index (χ0v) is 15.3. The van der Waals surface area contributed by atoms with Crippen molar-refractivity contribution >= 4 is 5.91 Å². The molecule has 4 heterocycles. The van der Waals surface area contributed by atoms with Gasteiger partial charge in [-0.1, -0.05) is 5.16 Å². The Morgan fingerprint density at radius 1 is 1.19 bits per heavy atom. The van der Waals surface area contributed by atoms with Crippen molar-refractivity contribution in [2.24, 2.45) is 0 Å². The third-order valence-electron chi connectivity index (χ3n) is 5.54. The fourth-order valence-electron chi connectivity index (χ4n) is 4.08. The molecule has 140 valence electrons. The molecule has 2 aliphatic heterocycles. The van der Waals surface area contributed by atoms with Crippen LogP contribution in [0.2, 0.25) is 0 Å². The second-order valence-electron chi connectivity index (χ2n) is 7.15. The highest BCUT2D eigenvalue weighted by Gasteiger charge is 2.29. The Hall–Kier alpha value is -2.22. The Bertz CT molecular complexity index is 727. The maximum atomic E-state index is 12.4. The van der Waals surface area contributed by atoms with E-state index in [-0.39, 0.29) is 5.91 Å². The Morgan fingerprint density at radius 3 is 2.62 bits per heavy atom. The Kier molecular flexibility index (Phi) is 5.01. The van der Waals surface area contributed by atoms with Gasteiger partial charge < -0.3 is 14.0 Å². The number of hydrogen-bond donors (Lipinski definition) is 0. The van der Waals surface area contributed by atoms with E-state index >= 15 is 0 Å². The number of piperidine rings is 1. The zero-order chi connectivity index (χ0) is 17.9. The molecule has 26 heavy (non-hydrogen) atoms. The first-order valence-corrected chi connectivity index (χ1v) is 9.60. The zero-order valence-electron chi connectivity index (χ0n) is 15.3. The van der Waals surface area contributed by atoms with Gasteiger partial charge in [0.1, 0.15) is 17.9 Å². The molecule has 8 nitrogen and oxygen atoms in total. The summed E-state index contributed by atoms with van der Waals surface area (Å²) in [4.78, 5) is 16.7. The van der Waals surface area contributed by atoms with E-state index in [0.717, 1.165) is 50.7 Å². The fraction of sp³-hybridized carbons (Fsp3) is 0.667. The molecule has 0 N–H and O–H groups in total. The SMILES string of the molecule is CCn1c(CN2CCCC2)nnc1C1CCN(C(=O)c2ccon2)CC1. The predicted molar refractivity (Wildman–Crippen MR) is 94.6 cm³/mol. The van der Waals surface area contributed by atoms with E-state index in [1.165, 1.54) is 19.1 Å². The summed E-state index contributed by atoms with van der Waals surface area (Å²) in [5, 5.41) is 12.8. The van der Waals surface area contributed by atoms with Crippen LogP contribution in [0.25, 0.3) is 0 Å². The van der Waals surface area contributed by atoms with Crippen LogP contribution in [0.3, 0.4) is 0 Å². The molecule has 0 spiro atoms. The van der Waals surface area contributed by atoms with E-state index in [9.17, 15) is 4.79 Å². The van der Waals surface area contributed by atoms with Gasteiger partial charge >= 0.3 is 0 Å². The lowest BCUT2D eigenvalue weighted by Gasteiger charge is -2.31. The summed E-state index contributed by atoms with van der Waals surface area (Å²) in [6, 6.07) is 1.62. The standard InChI is InChI=1S/C18H26N6O2/c1-2-24-16(13-22-8-3-4-9-22)19-20-17(24)14-5-10-23(11-6-14)18(25)15-7-12-26-21-15/h7,12,14H,2-6,8-11,13H2,1H3. The van der Waals surface area contributed by atoms with E-state index in [0.29, 0.717) is 24.7 Å². The third-order valence-corrected chi connectivity index (χ3v) is 5.54. The van der Waals surface area contributed by atoms with Crippen LogP contribution >= 0.6 is 0 Å². The molecule has 0 saturated carbocycles. The number of likely N-dealkylation sites (tertiary alicyclic amines) is 2. The summed E-state index contributed by atoms with van der Waals surface area (Å²) in [6.45, 7) is 7.70. The van der Waals surface area contributed by atoms with Gasteiger partial charge in [0, 0.05) is 31.6 Å². The Labute approximate surface area is 153 Å². The number of rotatable bonds is 5. The smallest absolute Gasteiger partial charge is 0.276 e. The highest BCUT2D eigenvalue weighted by molar-refractivity contribution is 5.92. The molecule has 0 aliphatic carbocycles. The van der Waals surface area contributed by atoms with E-state index in [1.807, 2.05) is 4.90 Å². The molecule has 1 amide bonds. The average Bonchev–Trinajstić information content (AvgIpc) is 3.43. The molecule has 0 unspecified atom stereocenters. The predicted octanol–water partition coefficient (Wildman–Crippen LogP) is 1.90. The van der Waals surface area contributed by atoms with Crippen molar-refractivity contribution in [3.63, 3.8) is 0 Å². The highest BCUT2D eigenvalue weighted by atomic mass is 16.5. The molecule has 0 aromatic carbocycles. The van der Waals surface area contributed by atoms with Gasteiger partial charge in [0.15, 0.2) is 5.69 Å². The second kappa shape index (κ2) is 7.57. The van der Waals surface area contributed by atoms with Gasteiger partial charge in [-0.05, 0) is 45.7 Å². The maximum Gasteiger partial charge on any atom is 0.276 e. The normalized spacial score (nSPS) is 19.3. The van der Waals surface area contributed by atoms with Gasteiger partial charge in [-0.25, -0.2) is 0 Å². The van der Waals surface area contributed by atoms with Crippen molar-refractivity contribution in [2.75, 3.05) is 26.2 Å². The van der Waals surface area contributed by atoms with Gasteiger partial charge in [0.05, 0.1) is 6.54 Å². The molecule has 2 aromatic heterocycles. The minimum Gasteiger partial charge on any atom is -0.364 e. The van der Waals surface area contributed by atoms with Crippen molar-refractivity contribution in [1.29, 1.82) is 0 Å². The lowest BCUT2D eigenvalue weighted by Crippen LogP contribution is -2.38. The highest BCUT2D eigenvalue weighted by Crippen LogP contribution is 2.28. The molecule has 2 fully saturated rings. The summed E-state index contributed by atoms with van der Waals surface area (Å²) >= 11 is 0. The number of nitrogens with zero attached hydrogens (tertiary/aromatic N) is 6. The van der Waals surface area contributed by atoms with Crippen LogP contribution in [0.4, 0.5) is 0 Å². The van der Waals surface area contributed by atoms with Crippen molar-refractivity contribution in [1.82, 2.24) is 29.7 Å². The van der Waals surface area contributed by atoms with Crippen LogP contribution in [0.5, 0.6) is 0 Å². The number of carbonyl (C=O) groups is 1. The van der Waals surface area contributed by atoms with Crippen molar-refractivity contribution < 1.29 is 9.32 Å². The number of hydrogen-bond acceptors (Lipinski definition) is 6. The molecule has 0 radical (unpaired) electrons. The van der Waals surface area contributed by atoms with Crippen LogP contribution in [-0.2, 0) is 13.1 Å². The number of carbonyl (C=O) groups excluding carboxylic acids is 1. The van der Waals surface area contributed by atoms with Gasteiger partial charge in [-0.2, -0.15) is 0 Å². The minimum atomic E-state index is -0.0520. The summed E-state index contributed by atoms with van der Waals surface area (Å²) in [7, 11) is 0. The van der Waals surface area contributed by atoms with Crippen molar-refractivity contribution in [3.8, 4) is 0 Å². The third kappa shape index (κ3) is 3.38. The van der Waals surface area contributed by atoms with Gasteiger partial charge in [0.2, 0.25) is 0 Å². The van der Waals surface area contributed by atoms with E-state index in [1.54, 1.807) is 6.07 Å². The number of amides is 1. The van der Waals surface area contributed by atoms with Gasteiger partial charge in [-0.3, -0.25) is 9.69 Å². The molecular weight excluding hydrogens is 332 g/mol. The summed E-state index contributed by atoms with van der Waals surface area (Å²) in [6.07, 6.45) is 5.82. The number of aromatic nitrogens is 4. The Balaban J connectivity index is 1.41. The fourth-order valence-corrected chi connectivity index (χ4v) is 4.08. The molecule has 8 heteroatoms. The molecule has 0 atom stereocenters. The second-order valence-corrected chi connectivity index (χ2v) is 7.15. The van der Waals surface area contributed by atoms with E-state index < -0.39 is 0 Å². The van der Waals surface area contributed by atoms with E-state index in [2.05, 4.69) is 31.7 Å². The van der Waals surface area contributed by atoms with Crippen LogP contribution in [-0.4, -0.2) is 61.8 Å². The molecule has 4 rings (SSSR count). The van der Waals surface area contributed by atoms with Crippen LogP contribution in [0.1, 0.15) is 60.7 Å². The van der Waals surface area contributed by atoms with Crippen LogP contribution in [0.15, 0.2) is 16.9 Å². The lowest BCUT2D eigenvalue weighted by molar-refractivity contribution is 0.0699. The minimum absolute atomic E-state index is 0.0520. The summed E-state index contributed by atoms with van der Waals surface area (Å²) in [5.41, 5.74) is 0.382. The molecule has 0 bridgehead atoms. The first-order chi connectivity index (χ1) is 12.8. The van der Waals surface area contributed by atoms with Gasteiger partial charge in [-0.15, -0.1) is 10.2 Å². The quantitative estimate of drug-likeness (QED) is 0.812. The average molecular weight is 358 g/mol. The first kappa shape index (κ1) is 17.2. The van der Waals surface area contributed by atoms with Crippen molar-refractivity contribution in [2.45, 2.75) is 51.6 Å². The topological polar surface area (TPSA) is 80.3 Å². The first-order valence-electron chi connectivity index (χ1n) is 9.60. The molecular formula is C18H26N6O2. The van der Waals surface area contributed by atoms with Gasteiger partial charge in [0.25, 0.3) is 5.91 Å².